The predicted molar refractivity (Wildman–Crippen MR) is 101 cm³/mol. The van der Waals surface area contributed by atoms with E-state index in [0.29, 0.717) is 22.5 Å². The second-order valence-corrected chi connectivity index (χ2v) is 11.1. The van der Waals surface area contributed by atoms with E-state index >= 15 is 0 Å². The van der Waals surface area contributed by atoms with Crippen molar-refractivity contribution in [1.29, 1.82) is 0 Å². The van der Waals surface area contributed by atoms with Crippen molar-refractivity contribution in [1.82, 2.24) is 0 Å². The number of thioether (sulfide) groups is 1. The van der Waals surface area contributed by atoms with E-state index in [0.717, 1.165) is 11.7 Å². The SMILES string of the molecule is CC1(C)CCC[C@]2(C)[C@H]3CSC4C=C(O)C=C(O)C4[C@]3(C)CC[C@@H]12. The lowest BCUT2D eigenvalue weighted by atomic mass is 9.41. The fraction of sp³-hybridized carbons (Fsp3) is 0.810. The normalized spacial score (nSPS) is 50.0. The summed E-state index contributed by atoms with van der Waals surface area (Å²) in [6, 6.07) is 0. The van der Waals surface area contributed by atoms with Gasteiger partial charge in [0.1, 0.15) is 11.5 Å². The zero-order valence-electron chi connectivity index (χ0n) is 15.5. The Morgan fingerprint density at radius 3 is 2.50 bits per heavy atom. The summed E-state index contributed by atoms with van der Waals surface area (Å²) in [6.45, 7) is 9.95. The molecule has 4 aliphatic rings. The minimum Gasteiger partial charge on any atom is -0.512 e. The molecular weight excluding hydrogens is 316 g/mol. The number of aliphatic hydroxyl groups excluding tert-OH is 2. The Morgan fingerprint density at radius 2 is 1.75 bits per heavy atom. The van der Waals surface area contributed by atoms with Crippen LogP contribution in [0.5, 0.6) is 0 Å². The van der Waals surface area contributed by atoms with Gasteiger partial charge in [-0.3, -0.25) is 0 Å². The predicted octanol–water partition coefficient (Wildman–Crippen LogP) is 5.86. The van der Waals surface area contributed by atoms with Crippen molar-refractivity contribution in [3.63, 3.8) is 0 Å². The average molecular weight is 349 g/mol. The van der Waals surface area contributed by atoms with Gasteiger partial charge in [-0.1, -0.05) is 34.1 Å². The van der Waals surface area contributed by atoms with E-state index in [4.69, 9.17) is 0 Å². The van der Waals surface area contributed by atoms with E-state index in [1.165, 1.54) is 32.1 Å². The maximum atomic E-state index is 10.7. The molecule has 0 aromatic rings. The largest absolute Gasteiger partial charge is 0.512 e. The smallest absolute Gasteiger partial charge is 0.116 e. The van der Waals surface area contributed by atoms with Gasteiger partial charge in [0.2, 0.25) is 0 Å². The Labute approximate surface area is 150 Å². The first-order valence-electron chi connectivity index (χ1n) is 9.61. The van der Waals surface area contributed by atoms with Crippen molar-refractivity contribution in [2.24, 2.45) is 34.0 Å². The highest BCUT2D eigenvalue weighted by molar-refractivity contribution is 8.00. The van der Waals surface area contributed by atoms with E-state index in [9.17, 15) is 10.2 Å². The van der Waals surface area contributed by atoms with Gasteiger partial charge in [-0.25, -0.2) is 0 Å². The van der Waals surface area contributed by atoms with Crippen molar-refractivity contribution in [3.8, 4) is 0 Å². The third-order valence-corrected chi connectivity index (χ3v) is 9.60. The van der Waals surface area contributed by atoms with Gasteiger partial charge in [0.25, 0.3) is 0 Å². The van der Waals surface area contributed by atoms with Gasteiger partial charge >= 0.3 is 0 Å². The molecule has 3 aliphatic carbocycles. The Bertz CT molecular complexity index is 607. The van der Waals surface area contributed by atoms with E-state index in [-0.39, 0.29) is 22.3 Å². The first-order chi connectivity index (χ1) is 11.2. The quantitative estimate of drug-likeness (QED) is 0.575. The fourth-order valence-corrected chi connectivity index (χ4v) is 9.28. The molecule has 1 heterocycles. The minimum absolute atomic E-state index is 0.145. The number of rotatable bonds is 0. The average Bonchev–Trinajstić information content (AvgIpc) is 2.44. The Kier molecular flexibility index (Phi) is 3.67. The van der Waals surface area contributed by atoms with Gasteiger partial charge in [-0.2, -0.15) is 11.8 Å². The Balaban J connectivity index is 1.74. The molecule has 0 amide bonds. The zero-order chi connectivity index (χ0) is 17.3. The van der Waals surface area contributed by atoms with E-state index in [1.54, 1.807) is 6.08 Å². The molecule has 0 radical (unpaired) electrons. The molecule has 3 fully saturated rings. The molecule has 0 aromatic heterocycles. The van der Waals surface area contributed by atoms with Gasteiger partial charge in [0.05, 0.1) is 0 Å². The van der Waals surface area contributed by atoms with Crippen LogP contribution in [0.25, 0.3) is 0 Å². The summed E-state index contributed by atoms with van der Waals surface area (Å²) in [4.78, 5) is 0. The molecular formula is C21H32O2S. The summed E-state index contributed by atoms with van der Waals surface area (Å²) in [5.41, 5.74) is 0.973. The summed E-state index contributed by atoms with van der Waals surface area (Å²) in [7, 11) is 0. The van der Waals surface area contributed by atoms with Crippen LogP contribution in [0.3, 0.4) is 0 Å². The van der Waals surface area contributed by atoms with Gasteiger partial charge in [0, 0.05) is 17.2 Å². The van der Waals surface area contributed by atoms with Crippen LogP contribution in [0.4, 0.5) is 0 Å². The van der Waals surface area contributed by atoms with Crippen LogP contribution in [0.2, 0.25) is 0 Å². The van der Waals surface area contributed by atoms with Crippen molar-refractivity contribution in [2.75, 3.05) is 5.75 Å². The van der Waals surface area contributed by atoms with E-state index < -0.39 is 0 Å². The van der Waals surface area contributed by atoms with Crippen molar-refractivity contribution >= 4 is 11.8 Å². The summed E-state index contributed by atoms with van der Waals surface area (Å²) in [5, 5.41) is 20.9. The molecule has 1 saturated heterocycles. The lowest BCUT2D eigenvalue weighted by Gasteiger charge is -2.66. The van der Waals surface area contributed by atoms with Gasteiger partial charge < -0.3 is 10.2 Å². The van der Waals surface area contributed by atoms with E-state index in [2.05, 4.69) is 27.7 Å². The molecule has 6 atom stereocenters. The fourth-order valence-electron chi connectivity index (χ4n) is 7.23. The Morgan fingerprint density at radius 1 is 1.00 bits per heavy atom. The lowest BCUT2D eigenvalue weighted by molar-refractivity contribution is -0.138. The lowest BCUT2D eigenvalue weighted by Crippen LogP contribution is -2.60. The molecule has 0 bridgehead atoms. The van der Waals surface area contributed by atoms with Crippen molar-refractivity contribution in [3.05, 3.63) is 23.7 Å². The number of hydrogen-bond donors (Lipinski definition) is 2. The third-order valence-electron chi connectivity index (χ3n) is 8.28. The van der Waals surface area contributed by atoms with Crippen LogP contribution in [0, 0.1) is 34.0 Å². The number of hydrogen-bond acceptors (Lipinski definition) is 3. The van der Waals surface area contributed by atoms with Gasteiger partial charge in [0.15, 0.2) is 0 Å². The van der Waals surface area contributed by atoms with Crippen LogP contribution in [-0.4, -0.2) is 21.2 Å². The molecule has 3 heteroatoms. The van der Waals surface area contributed by atoms with E-state index in [1.807, 2.05) is 17.8 Å². The minimum atomic E-state index is 0.145. The van der Waals surface area contributed by atoms with Crippen molar-refractivity contribution in [2.45, 2.75) is 65.0 Å². The highest BCUT2D eigenvalue weighted by Crippen LogP contribution is 2.69. The number of fused-ring (bicyclic) bond motifs is 5. The molecule has 2 nitrogen and oxygen atoms in total. The van der Waals surface area contributed by atoms with Crippen LogP contribution in [0.1, 0.15) is 59.8 Å². The second-order valence-electron chi connectivity index (χ2n) is 9.93. The summed E-state index contributed by atoms with van der Waals surface area (Å²) in [6.07, 6.45) is 10.1. The highest BCUT2D eigenvalue weighted by atomic mass is 32.2. The first kappa shape index (κ1) is 16.9. The molecule has 0 aromatic carbocycles. The summed E-state index contributed by atoms with van der Waals surface area (Å²) < 4.78 is 0. The molecule has 2 unspecified atom stereocenters. The highest BCUT2D eigenvalue weighted by Gasteiger charge is 2.63. The molecule has 2 saturated carbocycles. The Hall–Kier alpha value is -0.570. The first-order valence-corrected chi connectivity index (χ1v) is 10.7. The maximum absolute atomic E-state index is 10.7. The molecule has 134 valence electrons. The maximum Gasteiger partial charge on any atom is 0.116 e. The van der Waals surface area contributed by atoms with Crippen molar-refractivity contribution < 1.29 is 10.2 Å². The number of allylic oxidation sites excluding steroid dienone is 2. The number of aliphatic hydroxyl groups is 2. The zero-order valence-corrected chi connectivity index (χ0v) is 16.3. The standard InChI is InChI=1S/C21H32O2S/c1-19(2)7-5-8-20(3)16(19)6-9-21(4)17(20)12-24-15-11-13(22)10-14(23)18(15)21/h10-11,15-18,22-23H,5-9,12H2,1-4H3/t15?,16-,17+,18?,20-,21+/m0/s1. The monoisotopic (exact) mass is 348 g/mol. The topological polar surface area (TPSA) is 40.5 Å². The summed E-state index contributed by atoms with van der Waals surface area (Å²) >= 11 is 1.96. The second kappa shape index (κ2) is 5.22. The molecule has 2 N–H and O–H groups in total. The third kappa shape index (κ3) is 2.15. The van der Waals surface area contributed by atoms with Gasteiger partial charge in [-0.15, -0.1) is 0 Å². The van der Waals surface area contributed by atoms with Gasteiger partial charge in [-0.05, 0) is 65.6 Å². The molecule has 24 heavy (non-hydrogen) atoms. The molecule has 1 aliphatic heterocycles. The summed E-state index contributed by atoms with van der Waals surface area (Å²) in [5.74, 6) is 3.43. The van der Waals surface area contributed by atoms with Crippen LogP contribution < -0.4 is 0 Å². The van der Waals surface area contributed by atoms with Crippen LogP contribution in [-0.2, 0) is 0 Å². The molecule has 0 spiro atoms. The molecule has 4 rings (SSSR count). The van der Waals surface area contributed by atoms with Crippen LogP contribution in [0.15, 0.2) is 23.7 Å². The van der Waals surface area contributed by atoms with Crippen LogP contribution >= 0.6 is 11.8 Å².